The average molecular weight is 218 g/mol. The van der Waals surface area contributed by atoms with E-state index in [1.807, 2.05) is 6.07 Å². The lowest BCUT2D eigenvalue weighted by molar-refractivity contribution is 0.0691. The molecule has 3 N–H and O–H groups in total. The van der Waals surface area contributed by atoms with E-state index in [0.29, 0.717) is 5.56 Å². The summed E-state index contributed by atoms with van der Waals surface area (Å²) in [6.07, 6.45) is 0. The molecule has 0 radical (unpaired) electrons. The van der Waals surface area contributed by atoms with Crippen LogP contribution in [0, 0.1) is 0 Å². The van der Waals surface area contributed by atoms with Crippen molar-refractivity contribution in [2.45, 2.75) is 6.54 Å². The molecule has 0 aliphatic rings. The van der Waals surface area contributed by atoms with Gasteiger partial charge in [0.05, 0.1) is 6.54 Å². The minimum Gasteiger partial charge on any atom is -0.476 e. The van der Waals surface area contributed by atoms with Gasteiger partial charge in [0, 0.05) is 5.56 Å². The normalized spacial score (nSPS) is 10.3. The molecule has 5 heteroatoms. The van der Waals surface area contributed by atoms with E-state index in [1.165, 1.54) is 0 Å². The highest BCUT2D eigenvalue weighted by atomic mass is 16.4. The molecule has 2 aromatic rings. The summed E-state index contributed by atoms with van der Waals surface area (Å²) >= 11 is 0. The first-order valence-electron chi connectivity index (χ1n) is 4.71. The highest BCUT2D eigenvalue weighted by Crippen LogP contribution is 2.24. The van der Waals surface area contributed by atoms with Crippen LogP contribution in [0.2, 0.25) is 0 Å². The zero-order valence-electron chi connectivity index (χ0n) is 8.38. The Morgan fingerprint density at radius 1 is 1.38 bits per heavy atom. The third kappa shape index (κ3) is 1.80. The maximum Gasteiger partial charge on any atom is 0.358 e. The summed E-state index contributed by atoms with van der Waals surface area (Å²) in [5.41, 5.74) is 5.93. The summed E-state index contributed by atoms with van der Waals surface area (Å²) < 4.78 is 5.29. The zero-order valence-corrected chi connectivity index (χ0v) is 8.38. The maximum absolute atomic E-state index is 11.0. The van der Waals surface area contributed by atoms with Crippen molar-refractivity contribution >= 4 is 5.97 Å². The van der Waals surface area contributed by atoms with Crippen LogP contribution < -0.4 is 5.73 Å². The van der Waals surface area contributed by atoms with Gasteiger partial charge in [-0.25, -0.2) is 9.78 Å². The van der Waals surface area contributed by atoms with E-state index in [0.717, 1.165) is 0 Å². The van der Waals surface area contributed by atoms with E-state index >= 15 is 0 Å². The van der Waals surface area contributed by atoms with Crippen molar-refractivity contribution in [1.82, 2.24) is 4.98 Å². The Kier molecular flexibility index (Phi) is 2.70. The van der Waals surface area contributed by atoms with Crippen molar-refractivity contribution in [2.75, 3.05) is 0 Å². The summed E-state index contributed by atoms with van der Waals surface area (Å²) in [7, 11) is 0. The standard InChI is InChI=1S/C11H10N2O3/c12-6-8-13-9(11(14)15)10(16-8)7-4-2-1-3-5-7/h1-5H,6,12H2,(H,14,15). The number of hydrogen-bond donors (Lipinski definition) is 2. The number of carboxylic acid groups (broad SMARTS) is 1. The smallest absolute Gasteiger partial charge is 0.358 e. The number of carbonyl (C=O) groups is 1. The number of aromatic carboxylic acids is 1. The summed E-state index contributed by atoms with van der Waals surface area (Å²) in [6.45, 7) is 0.0765. The Morgan fingerprint density at radius 3 is 2.62 bits per heavy atom. The SMILES string of the molecule is NCc1nc(C(=O)O)c(-c2ccccc2)o1. The lowest BCUT2D eigenvalue weighted by atomic mass is 10.1. The molecule has 2 rings (SSSR count). The van der Waals surface area contributed by atoms with Gasteiger partial charge in [-0.15, -0.1) is 0 Å². The molecule has 0 amide bonds. The van der Waals surface area contributed by atoms with Crippen molar-refractivity contribution < 1.29 is 14.3 Å². The Morgan fingerprint density at radius 2 is 2.06 bits per heavy atom. The van der Waals surface area contributed by atoms with Crippen molar-refractivity contribution in [3.8, 4) is 11.3 Å². The van der Waals surface area contributed by atoms with E-state index in [9.17, 15) is 4.79 Å². The number of oxazole rings is 1. The van der Waals surface area contributed by atoms with Gasteiger partial charge >= 0.3 is 5.97 Å². The van der Waals surface area contributed by atoms with Crippen molar-refractivity contribution in [2.24, 2.45) is 5.73 Å². The molecule has 0 saturated heterocycles. The van der Waals surface area contributed by atoms with Crippen LogP contribution in [0.25, 0.3) is 11.3 Å². The molecule has 5 nitrogen and oxygen atoms in total. The molecule has 0 atom stereocenters. The van der Waals surface area contributed by atoms with Gasteiger partial charge in [-0.05, 0) is 0 Å². The topological polar surface area (TPSA) is 89.3 Å². The predicted molar refractivity (Wildman–Crippen MR) is 56.8 cm³/mol. The van der Waals surface area contributed by atoms with Gasteiger partial charge < -0.3 is 15.3 Å². The Labute approximate surface area is 91.5 Å². The third-order valence-corrected chi connectivity index (χ3v) is 2.08. The first-order chi connectivity index (χ1) is 7.72. The predicted octanol–water partition coefficient (Wildman–Crippen LogP) is 1.50. The summed E-state index contributed by atoms with van der Waals surface area (Å²) in [5.74, 6) is -0.660. The van der Waals surface area contributed by atoms with Crippen LogP contribution in [0.1, 0.15) is 16.4 Å². The van der Waals surface area contributed by atoms with E-state index in [1.54, 1.807) is 24.3 Å². The second kappa shape index (κ2) is 4.16. The number of nitrogens with two attached hydrogens (primary N) is 1. The lowest BCUT2D eigenvalue weighted by Crippen LogP contribution is -2.01. The van der Waals surface area contributed by atoms with Crippen molar-refractivity contribution in [3.05, 3.63) is 41.9 Å². The van der Waals surface area contributed by atoms with Gasteiger partial charge in [0.2, 0.25) is 5.89 Å². The van der Waals surface area contributed by atoms with E-state index in [2.05, 4.69) is 4.98 Å². The maximum atomic E-state index is 11.0. The molecule has 0 aliphatic heterocycles. The summed E-state index contributed by atoms with van der Waals surface area (Å²) in [4.78, 5) is 14.8. The molecule has 0 unspecified atom stereocenters. The first-order valence-corrected chi connectivity index (χ1v) is 4.71. The molecule has 1 heterocycles. The van der Waals surface area contributed by atoms with Crippen LogP contribution in [-0.4, -0.2) is 16.1 Å². The third-order valence-electron chi connectivity index (χ3n) is 2.08. The first kappa shape index (κ1) is 10.4. The monoisotopic (exact) mass is 218 g/mol. The highest BCUT2D eigenvalue weighted by molar-refractivity contribution is 5.92. The van der Waals surface area contributed by atoms with Gasteiger partial charge in [-0.3, -0.25) is 0 Å². The largest absolute Gasteiger partial charge is 0.476 e. The molecule has 1 aromatic carbocycles. The van der Waals surface area contributed by atoms with Crippen molar-refractivity contribution in [1.29, 1.82) is 0 Å². The van der Waals surface area contributed by atoms with Crippen LogP contribution in [0.5, 0.6) is 0 Å². The van der Waals surface area contributed by atoms with E-state index < -0.39 is 5.97 Å². The molecule has 0 bridgehead atoms. The quantitative estimate of drug-likeness (QED) is 0.814. The van der Waals surface area contributed by atoms with Gasteiger partial charge in [0.15, 0.2) is 11.5 Å². The average Bonchev–Trinajstić information content (AvgIpc) is 2.74. The molecule has 16 heavy (non-hydrogen) atoms. The minimum atomic E-state index is -1.12. The van der Waals surface area contributed by atoms with E-state index in [-0.39, 0.29) is 23.9 Å². The molecule has 0 fully saturated rings. The lowest BCUT2D eigenvalue weighted by Gasteiger charge is -1.96. The number of rotatable bonds is 3. The van der Waals surface area contributed by atoms with Crippen LogP contribution in [0.4, 0.5) is 0 Å². The fourth-order valence-corrected chi connectivity index (χ4v) is 1.38. The summed E-state index contributed by atoms with van der Waals surface area (Å²) in [5, 5.41) is 8.97. The van der Waals surface area contributed by atoms with Gasteiger partial charge in [0.1, 0.15) is 0 Å². The van der Waals surface area contributed by atoms with Crippen LogP contribution >= 0.6 is 0 Å². The second-order valence-electron chi connectivity index (χ2n) is 3.16. The van der Waals surface area contributed by atoms with E-state index in [4.69, 9.17) is 15.3 Å². The Balaban J connectivity index is 2.55. The second-order valence-corrected chi connectivity index (χ2v) is 3.16. The molecule has 0 saturated carbocycles. The number of hydrogen-bond acceptors (Lipinski definition) is 4. The number of nitrogens with zero attached hydrogens (tertiary/aromatic N) is 1. The molecular formula is C11H10N2O3. The van der Waals surface area contributed by atoms with Crippen LogP contribution in [-0.2, 0) is 6.54 Å². The highest BCUT2D eigenvalue weighted by Gasteiger charge is 2.19. The van der Waals surface area contributed by atoms with Gasteiger partial charge in [-0.1, -0.05) is 30.3 Å². The fourth-order valence-electron chi connectivity index (χ4n) is 1.38. The Bertz CT molecular complexity index is 505. The summed E-state index contributed by atoms with van der Waals surface area (Å²) in [6, 6.07) is 8.95. The van der Waals surface area contributed by atoms with Gasteiger partial charge in [-0.2, -0.15) is 0 Å². The van der Waals surface area contributed by atoms with Gasteiger partial charge in [0.25, 0.3) is 0 Å². The molecule has 0 spiro atoms. The molecule has 1 aromatic heterocycles. The number of benzene rings is 1. The van der Waals surface area contributed by atoms with Crippen LogP contribution in [0.3, 0.4) is 0 Å². The zero-order chi connectivity index (χ0) is 11.5. The fraction of sp³-hybridized carbons (Fsp3) is 0.0909. The molecule has 82 valence electrons. The number of aromatic nitrogens is 1. The molecular weight excluding hydrogens is 208 g/mol. The Hall–Kier alpha value is -2.14. The molecule has 0 aliphatic carbocycles. The number of carboxylic acids is 1. The van der Waals surface area contributed by atoms with Crippen molar-refractivity contribution in [3.63, 3.8) is 0 Å². The minimum absolute atomic E-state index is 0.0765. The van der Waals surface area contributed by atoms with Crippen LogP contribution in [0.15, 0.2) is 34.7 Å².